The van der Waals surface area contributed by atoms with Crippen LogP contribution >= 0.6 is 0 Å². The van der Waals surface area contributed by atoms with E-state index in [0.717, 1.165) is 12.1 Å². The zero-order valence-electron chi connectivity index (χ0n) is 8.81. The highest BCUT2D eigenvalue weighted by Gasteiger charge is 2.30. The highest BCUT2D eigenvalue weighted by Crippen LogP contribution is 2.29. The number of terminal acetylenes is 1. The molecule has 0 aliphatic heterocycles. The van der Waals surface area contributed by atoms with E-state index in [-0.39, 0.29) is 6.04 Å². The Balaban J connectivity index is 2.73. The summed E-state index contributed by atoms with van der Waals surface area (Å²) in [6.07, 6.45) is 0.845. The van der Waals surface area contributed by atoms with Crippen molar-refractivity contribution in [1.82, 2.24) is 5.32 Å². The molecule has 0 saturated heterocycles. The van der Waals surface area contributed by atoms with Crippen LogP contribution in [0, 0.1) is 12.3 Å². The van der Waals surface area contributed by atoms with E-state index in [4.69, 9.17) is 6.42 Å². The van der Waals surface area contributed by atoms with Crippen LogP contribution in [0.1, 0.15) is 18.1 Å². The fourth-order valence-electron chi connectivity index (χ4n) is 1.19. The summed E-state index contributed by atoms with van der Waals surface area (Å²) < 4.78 is 37.1. The monoisotopic (exact) mass is 227 g/mol. The lowest BCUT2D eigenvalue weighted by atomic mass is 10.1. The quantitative estimate of drug-likeness (QED) is 0.783. The maximum Gasteiger partial charge on any atom is 0.416 e. The highest BCUT2D eigenvalue weighted by atomic mass is 19.4. The topological polar surface area (TPSA) is 12.0 Å². The van der Waals surface area contributed by atoms with Crippen molar-refractivity contribution in [2.45, 2.75) is 25.7 Å². The lowest BCUT2D eigenvalue weighted by molar-refractivity contribution is -0.137. The van der Waals surface area contributed by atoms with Crippen LogP contribution in [-0.2, 0) is 12.7 Å². The van der Waals surface area contributed by atoms with Crippen LogP contribution in [0.2, 0.25) is 0 Å². The van der Waals surface area contributed by atoms with Gasteiger partial charge >= 0.3 is 6.18 Å². The standard InChI is InChI=1S/C12H12F3N/c1-3-9(2)16-8-10-5-4-6-11(7-10)12(13,14)15/h1,4-7,9,16H,8H2,2H3. The summed E-state index contributed by atoms with van der Waals surface area (Å²) in [7, 11) is 0. The summed E-state index contributed by atoms with van der Waals surface area (Å²) in [6.45, 7) is 2.10. The maximum absolute atomic E-state index is 12.4. The zero-order chi connectivity index (χ0) is 12.2. The second-order valence-corrected chi connectivity index (χ2v) is 3.47. The van der Waals surface area contributed by atoms with Crippen molar-refractivity contribution in [3.8, 4) is 12.3 Å². The van der Waals surface area contributed by atoms with Crippen molar-refractivity contribution in [1.29, 1.82) is 0 Å². The molecule has 0 aliphatic rings. The Morgan fingerprint density at radius 3 is 2.69 bits per heavy atom. The molecule has 1 aromatic carbocycles. The molecule has 4 heteroatoms. The molecule has 1 aromatic rings. The number of hydrogen-bond acceptors (Lipinski definition) is 1. The largest absolute Gasteiger partial charge is 0.416 e. The van der Waals surface area contributed by atoms with Crippen LogP contribution in [0.15, 0.2) is 24.3 Å². The second kappa shape index (κ2) is 5.04. The smallest absolute Gasteiger partial charge is 0.300 e. The molecule has 0 heterocycles. The molecule has 0 aliphatic carbocycles. The van der Waals surface area contributed by atoms with Crippen molar-refractivity contribution >= 4 is 0 Å². The molecule has 1 N–H and O–H groups in total. The Morgan fingerprint density at radius 1 is 1.44 bits per heavy atom. The Morgan fingerprint density at radius 2 is 2.12 bits per heavy atom. The van der Waals surface area contributed by atoms with Gasteiger partial charge in [0.2, 0.25) is 0 Å². The number of benzene rings is 1. The van der Waals surface area contributed by atoms with E-state index in [2.05, 4.69) is 11.2 Å². The predicted molar refractivity (Wildman–Crippen MR) is 56.6 cm³/mol. The third-order valence-electron chi connectivity index (χ3n) is 2.12. The van der Waals surface area contributed by atoms with Gasteiger partial charge in [-0.05, 0) is 18.6 Å². The lowest BCUT2D eigenvalue weighted by Crippen LogP contribution is -2.23. The Labute approximate surface area is 92.7 Å². The van der Waals surface area contributed by atoms with Gasteiger partial charge in [-0.25, -0.2) is 0 Å². The summed E-state index contributed by atoms with van der Waals surface area (Å²) in [4.78, 5) is 0. The molecule has 0 radical (unpaired) electrons. The molecule has 0 bridgehead atoms. The molecule has 86 valence electrons. The Bertz CT molecular complexity index is 390. The average molecular weight is 227 g/mol. The first-order valence-corrected chi connectivity index (χ1v) is 4.79. The molecule has 0 aromatic heterocycles. The molecule has 1 rings (SSSR count). The summed E-state index contributed by atoms with van der Waals surface area (Å²) in [5, 5.41) is 2.92. The molecular formula is C12H12F3N. The normalized spacial score (nSPS) is 13.2. The first kappa shape index (κ1) is 12.6. The van der Waals surface area contributed by atoms with E-state index in [9.17, 15) is 13.2 Å². The van der Waals surface area contributed by atoms with Gasteiger partial charge in [0.25, 0.3) is 0 Å². The van der Waals surface area contributed by atoms with Crippen molar-refractivity contribution < 1.29 is 13.2 Å². The molecule has 0 fully saturated rings. The van der Waals surface area contributed by atoms with Crippen LogP contribution in [-0.4, -0.2) is 6.04 Å². The van der Waals surface area contributed by atoms with Gasteiger partial charge in [0.15, 0.2) is 0 Å². The van der Waals surface area contributed by atoms with Crippen molar-refractivity contribution in [3.05, 3.63) is 35.4 Å². The minimum atomic E-state index is -4.30. The van der Waals surface area contributed by atoms with E-state index >= 15 is 0 Å². The zero-order valence-corrected chi connectivity index (χ0v) is 8.81. The van der Waals surface area contributed by atoms with Gasteiger partial charge in [-0.2, -0.15) is 13.2 Å². The number of hydrogen-bond donors (Lipinski definition) is 1. The summed E-state index contributed by atoms with van der Waals surface area (Å²) in [5.41, 5.74) is -0.0721. The summed E-state index contributed by atoms with van der Waals surface area (Å²) in [6, 6.07) is 5.03. The van der Waals surface area contributed by atoms with Gasteiger partial charge in [0.05, 0.1) is 11.6 Å². The average Bonchev–Trinajstić information content (AvgIpc) is 2.25. The number of halogens is 3. The van der Waals surface area contributed by atoms with E-state index in [1.807, 2.05) is 0 Å². The molecule has 0 amide bonds. The van der Waals surface area contributed by atoms with Crippen molar-refractivity contribution in [2.75, 3.05) is 0 Å². The highest BCUT2D eigenvalue weighted by molar-refractivity contribution is 5.25. The molecule has 1 nitrogen and oxygen atoms in total. The molecule has 0 saturated carbocycles. The third kappa shape index (κ3) is 3.59. The molecular weight excluding hydrogens is 215 g/mol. The molecule has 16 heavy (non-hydrogen) atoms. The Hall–Kier alpha value is -1.47. The molecule has 0 spiro atoms. The second-order valence-electron chi connectivity index (χ2n) is 3.47. The first-order chi connectivity index (χ1) is 7.43. The van der Waals surface area contributed by atoms with Crippen LogP contribution in [0.4, 0.5) is 13.2 Å². The fraction of sp³-hybridized carbons (Fsp3) is 0.333. The Kier molecular flexibility index (Phi) is 3.97. The molecule has 1 atom stereocenters. The van der Waals surface area contributed by atoms with Crippen LogP contribution in [0.3, 0.4) is 0 Å². The number of rotatable bonds is 3. The SMILES string of the molecule is C#CC(C)NCc1cccc(C(F)(F)F)c1. The van der Waals surface area contributed by atoms with E-state index in [0.29, 0.717) is 12.1 Å². The minimum absolute atomic E-state index is 0.158. The third-order valence-corrected chi connectivity index (χ3v) is 2.12. The van der Waals surface area contributed by atoms with Gasteiger partial charge in [0.1, 0.15) is 0 Å². The van der Waals surface area contributed by atoms with Crippen LogP contribution in [0.25, 0.3) is 0 Å². The van der Waals surface area contributed by atoms with Gasteiger partial charge in [-0.15, -0.1) is 6.42 Å². The van der Waals surface area contributed by atoms with Crippen LogP contribution < -0.4 is 5.32 Å². The van der Waals surface area contributed by atoms with Gasteiger partial charge in [0, 0.05) is 6.54 Å². The first-order valence-electron chi connectivity index (χ1n) is 4.79. The van der Waals surface area contributed by atoms with Crippen LogP contribution in [0.5, 0.6) is 0 Å². The van der Waals surface area contributed by atoms with E-state index in [1.165, 1.54) is 6.07 Å². The maximum atomic E-state index is 12.4. The number of nitrogens with one attached hydrogen (secondary N) is 1. The van der Waals surface area contributed by atoms with Gasteiger partial charge < -0.3 is 0 Å². The minimum Gasteiger partial charge on any atom is -0.300 e. The van der Waals surface area contributed by atoms with Gasteiger partial charge in [-0.3, -0.25) is 5.32 Å². The predicted octanol–water partition coefficient (Wildman–Crippen LogP) is 2.82. The van der Waals surface area contributed by atoms with Crippen molar-refractivity contribution in [2.24, 2.45) is 0 Å². The number of alkyl halides is 3. The van der Waals surface area contributed by atoms with Crippen molar-refractivity contribution in [3.63, 3.8) is 0 Å². The van der Waals surface area contributed by atoms with E-state index < -0.39 is 11.7 Å². The van der Waals surface area contributed by atoms with Gasteiger partial charge in [-0.1, -0.05) is 24.1 Å². The van der Waals surface area contributed by atoms with E-state index in [1.54, 1.807) is 13.0 Å². The summed E-state index contributed by atoms with van der Waals surface area (Å²) >= 11 is 0. The summed E-state index contributed by atoms with van der Waals surface area (Å²) in [5.74, 6) is 2.45. The molecule has 1 unspecified atom stereocenters. The lowest BCUT2D eigenvalue weighted by Gasteiger charge is -2.10. The fourth-order valence-corrected chi connectivity index (χ4v) is 1.19.